The fraction of sp³-hybridized carbons (Fsp3) is 0.429. The van der Waals surface area contributed by atoms with Crippen LogP contribution < -0.4 is 16.4 Å². The van der Waals surface area contributed by atoms with Crippen molar-refractivity contribution in [2.24, 2.45) is 5.73 Å². The average Bonchev–Trinajstić information content (AvgIpc) is 3.65. The summed E-state index contributed by atoms with van der Waals surface area (Å²) in [6, 6.07) is 14.4. The van der Waals surface area contributed by atoms with E-state index in [0.717, 1.165) is 11.1 Å². The Labute approximate surface area is 217 Å². The van der Waals surface area contributed by atoms with Crippen LogP contribution in [0.15, 0.2) is 54.6 Å². The summed E-state index contributed by atoms with van der Waals surface area (Å²) >= 11 is 0. The molecule has 4 amide bonds. The lowest BCUT2D eigenvalue weighted by atomic mass is 9.97. The van der Waals surface area contributed by atoms with E-state index in [2.05, 4.69) is 10.6 Å². The average molecular weight is 509 g/mol. The first-order valence-corrected chi connectivity index (χ1v) is 12.4. The van der Waals surface area contributed by atoms with Gasteiger partial charge in [-0.2, -0.15) is 0 Å². The molecule has 2 aromatic rings. The summed E-state index contributed by atoms with van der Waals surface area (Å²) in [7, 11) is 0. The van der Waals surface area contributed by atoms with Crippen molar-refractivity contribution >= 4 is 23.8 Å². The van der Waals surface area contributed by atoms with Gasteiger partial charge in [-0.1, -0.05) is 54.6 Å². The van der Waals surface area contributed by atoms with Crippen molar-refractivity contribution in [1.82, 2.24) is 15.5 Å². The van der Waals surface area contributed by atoms with Crippen molar-refractivity contribution in [1.29, 1.82) is 0 Å². The first kappa shape index (κ1) is 27.7. The number of benzene rings is 2. The van der Waals surface area contributed by atoms with Gasteiger partial charge in [-0.25, -0.2) is 4.79 Å². The number of hydrogen-bond donors (Lipinski definition) is 3. The van der Waals surface area contributed by atoms with Gasteiger partial charge in [0.25, 0.3) is 0 Å². The SMILES string of the molecule is Cc1ccccc1C(C(=O)NCc1ccccc1)N(C(=O)C(CC(N)=O)NC(=O)OC(C)(C)C)C1CC1. The zero-order valence-corrected chi connectivity index (χ0v) is 21.8. The van der Waals surface area contributed by atoms with Crippen LogP contribution in [0, 0.1) is 6.92 Å². The van der Waals surface area contributed by atoms with Crippen LogP contribution in [0.3, 0.4) is 0 Å². The summed E-state index contributed by atoms with van der Waals surface area (Å²) in [6.07, 6.45) is 0.141. The highest BCUT2D eigenvalue weighted by Crippen LogP contribution is 2.36. The van der Waals surface area contributed by atoms with Crippen molar-refractivity contribution in [3.8, 4) is 0 Å². The smallest absolute Gasteiger partial charge is 0.408 e. The van der Waals surface area contributed by atoms with Crippen LogP contribution in [0.1, 0.15) is 62.8 Å². The van der Waals surface area contributed by atoms with Gasteiger partial charge in [0.1, 0.15) is 17.7 Å². The van der Waals surface area contributed by atoms with Gasteiger partial charge in [-0.15, -0.1) is 0 Å². The topological polar surface area (TPSA) is 131 Å². The summed E-state index contributed by atoms with van der Waals surface area (Å²) in [5.41, 5.74) is 7.05. The second-order valence-corrected chi connectivity index (χ2v) is 10.3. The van der Waals surface area contributed by atoms with E-state index >= 15 is 0 Å². The van der Waals surface area contributed by atoms with E-state index < -0.39 is 42.0 Å². The summed E-state index contributed by atoms with van der Waals surface area (Å²) in [6.45, 7) is 7.25. The highest BCUT2D eigenvalue weighted by Gasteiger charge is 2.44. The van der Waals surface area contributed by atoms with Crippen LogP contribution in [0.5, 0.6) is 0 Å². The largest absolute Gasteiger partial charge is 0.444 e. The Morgan fingerprint density at radius 2 is 1.65 bits per heavy atom. The minimum absolute atomic E-state index is 0.213. The molecule has 0 heterocycles. The molecule has 0 saturated heterocycles. The van der Waals surface area contributed by atoms with E-state index in [1.165, 1.54) is 4.90 Å². The molecule has 0 radical (unpaired) electrons. The molecule has 0 aromatic heterocycles. The number of carbonyl (C=O) groups excluding carboxylic acids is 4. The normalized spacial score (nSPS) is 14.7. The quantitative estimate of drug-likeness (QED) is 0.454. The first-order valence-electron chi connectivity index (χ1n) is 12.4. The highest BCUT2D eigenvalue weighted by molar-refractivity contribution is 5.95. The highest BCUT2D eigenvalue weighted by atomic mass is 16.6. The van der Waals surface area contributed by atoms with Crippen LogP contribution >= 0.6 is 0 Å². The number of ether oxygens (including phenoxy) is 1. The summed E-state index contributed by atoms with van der Waals surface area (Å²) in [4.78, 5) is 53.5. The fourth-order valence-corrected chi connectivity index (χ4v) is 4.09. The fourth-order valence-electron chi connectivity index (χ4n) is 4.09. The molecule has 37 heavy (non-hydrogen) atoms. The van der Waals surface area contributed by atoms with Crippen molar-refractivity contribution in [3.63, 3.8) is 0 Å². The molecule has 3 rings (SSSR count). The third kappa shape index (κ3) is 8.06. The Morgan fingerprint density at radius 3 is 2.22 bits per heavy atom. The van der Waals surface area contributed by atoms with E-state index in [4.69, 9.17) is 10.5 Å². The molecular weight excluding hydrogens is 472 g/mol. The van der Waals surface area contributed by atoms with Crippen molar-refractivity contribution in [3.05, 3.63) is 71.3 Å². The number of alkyl carbamates (subject to hydrolysis) is 1. The van der Waals surface area contributed by atoms with Gasteiger partial charge in [-0.05, 0) is 57.2 Å². The number of primary amides is 1. The Balaban J connectivity index is 1.94. The molecule has 2 atom stereocenters. The van der Waals surface area contributed by atoms with Crippen LogP contribution in [0.2, 0.25) is 0 Å². The molecule has 1 saturated carbocycles. The third-order valence-corrected chi connectivity index (χ3v) is 5.91. The van der Waals surface area contributed by atoms with Gasteiger partial charge in [0.2, 0.25) is 17.7 Å². The molecule has 198 valence electrons. The first-order chi connectivity index (χ1) is 17.5. The van der Waals surface area contributed by atoms with Gasteiger partial charge >= 0.3 is 6.09 Å². The predicted molar refractivity (Wildman–Crippen MR) is 139 cm³/mol. The number of nitrogens with one attached hydrogen (secondary N) is 2. The van der Waals surface area contributed by atoms with Crippen molar-refractivity contribution in [2.45, 2.75) is 77.2 Å². The van der Waals surface area contributed by atoms with Gasteiger partial charge in [0.05, 0.1) is 6.42 Å². The number of nitrogens with two attached hydrogens (primary N) is 1. The molecule has 9 nitrogen and oxygen atoms in total. The Morgan fingerprint density at radius 1 is 1.03 bits per heavy atom. The maximum Gasteiger partial charge on any atom is 0.408 e. The molecule has 2 unspecified atom stereocenters. The van der Waals surface area contributed by atoms with Crippen LogP contribution in [0.25, 0.3) is 0 Å². The maximum atomic E-state index is 13.9. The van der Waals surface area contributed by atoms with E-state index in [1.54, 1.807) is 20.8 Å². The number of amides is 4. The van der Waals surface area contributed by atoms with E-state index in [0.29, 0.717) is 18.4 Å². The minimum Gasteiger partial charge on any atom is -0.444 e. The zero-order valence-electron chi connectivity index (χ0n) is 21.8. The predicted octanol–water partition coefficient (Wildman–Crippen LogP) is 3.11. The Hall–Kier alpha value is -3.88. The Kier molecular flexibility index (Phi) is 8.91. The number of hydrogen-bond acceptors (Lipinski definition) is 5. The lowest BCUT2D eigenvalue weighted by Gasteiger charge is -2.35. The van der Waals surface area contributed by atoms with Crippen LogP contribution in [-0.2, 0) is 25.7 Å². The van der Waals surface area contributed by atoms with Gasteiger partial charge in [-0.3, -0.25) is 14.4 Å². The monoisotopic (exact) mass is 508 g/mol. The third-order valence-electron chi connectivity index (χ3n) is 5.91. The second kappa shape index (κ2) is 11.9. The number of rotatable bonds is 10. The number of nitrogens with zero attached hydrogens (tertiary/aromatic N) is 1. The van der Waals surface area contributed by atoms with Gasteiger partial charge in [0.15, 0.2) is 0 Å². The molecule has 9 heteroatoms. The molecule has 0 spiro atoms. The number of aryl methyl sites for hydroxylation is 1. The molecule has 1 aliphatic carbocycles. The lowest BCUT2D eigenvalue weighted by Crippen LogP contribution is -2.54. The number of carbonyl (C=O) groups is 4. The molecule has 1 aliphatic rings. The zero-order chi connectivity index (χ0) is 27.2. The van der Waals surface area contributed by atoms with E-state index in [9.17, 15) is 19.2 Å². The maximum absolute atomic E-state index is 13.9. The molecule has 4 N–H and O–H groups in total. The van der Waals surface area contributed by atoms with Crippen LogP contribution in [0.4, 0.5) is 4.79 Å². The molecular formula is C28H36N4O5. The van der Waals surface area contributed by atoms with E-state index in [-0.39, 0.29) is 18.5 Å². The Bertz CT molecular complexity index is 1120. The minimum atomic E-state index is -1.28. The molecule has 2 aromatic carbocycles. The van der Waals surface area contributed by atoms with Crippen molar-refractivity contribution < 1.29 is 23.9 Å². The standard InChI is InChI=1S/C28H36N4O5/c1-18-10-8-9-13-21(18)24(25(34)30-17-19-11-6-5-7-12-19)32(20-14-15-20)26(35)22(16-23(29)33)31-27(36)37-28(2,3)4/h5-13,20,22,24H,14-17H2,1-4H3,(H2,29,33)(H,30,34)(H,31,36). The second-order valence-electron chi connectivity index (χ2n) is 10.3. The summed E-state index contributed by atoms with van der Waals surface area (Å²) in [5, 5.41) is 5.46. The molecule has 1 fully saturated rings. The van der Waals surface area contributed by atoms with Gasteiger partial charge < -0.3 is 26.0 Å². The molecule has 0 bridgehead atoms. The van der Waals surface area contributed by atoms with Crippen LogP contribution in [-0.4, -0.2) is 46.4 Å². The summed E-state index contributed by atoms with van der Waals surface area (Å²) in [5.74, 6) is -1.67. The molecule has 0 aliphatic heterocycles. The van der Waals surface area contributed by atoms with E-state index in [1.807, 2.05) is 61.5 Å². The lowest BCUT2D eigenvalue weighted by molar-refractivity contribution is -0.144. The van der Waals surface area contributed by atoms with Gasteiger partial charge in [0, 0.05) is 12.6 Å². The van der Waals surface area contributed by atoms with Crippen molar-refractivity contribution in [2.75, 3.05) is 0 Å². The summed E-state index contributed by atoms with van der Waals surface area (Å²) < 4.78 is 5.30.